The maximum atomic E-state index is 8.68. The lowest BCUT2D eigenvalue weighted by molar-refractivity contribution is 0.0895. The van der Waals surface area contributed by atoms with E-state index in [-0.39, 0.29) is 6.61 Å². The highest BCUT2D eigenvalue weighted by Gasteiger charge is 2.07. The van der Waals surface area contributed by atoms with E-state index in [1.807, 2.05) is 0 Å². The fraction of sp³-hybridized carbons (Fsp3) is 1.00. The molecule has 0 bridgehead atoms. The predicted octanol–water partition coefficient (Wildman–Crippen LogP) is 12.4. The van der Waals surface area contributed by atoms with E-state index in [0.717, 1.165) is 18.9 Å². The van der Waals surface area contributed by atoms with E-state index >= 15 is 0 Å². The molecule has 0 aromatic carbocycles. The quantitative estimate of drug-likeness (QED) is 0.0825. The highest BCUT2D eigenvalue weighted by Crippen LogP contribution is 2.23. The van der Waals surface area contributed by atoms with Gasteiger partial charge in [0.15, 0.2) is 0 Å². The van der Waals surface area contributed by atoms with Crippen LogP contribution in [0.2, 0.25) is 0 Å². The monoisotopic (exact) mass is 539 g/mol. The standard InChI is InChI=1S/C36H74O2/c1-3-5-6-7-8-9-10-11-12-15-18-21-24-27-31-36(30-4-2)32-28-25-22-19-16-13-14-17-20-23-26-29-34-38-35-33-37/h36-37H,3-35H2,1-2H3. The third-order valence-electron chi connectivity index (χ3n) is 8.55. The number of ether oxygens (including phenoxy) is 1. The van der Waals surface area contributed by atoms with Gasteiger partial charge < -0.3 is 9.84 Å². The van der Waals surface area contributed by atoms with Crippen molar-refractivity contribution in [2.24, 2.45) is 5.92 Å². The van der Waals surface area contributed by atoms with Crippen molar-refractivity contribution < 1.29 is 9.84 Å². The SMILES string of the molecule is CCCCCCCCCCCCCCCCC(CCC)CCCCCCCCCCCCCCOCCO. The van der Waals surface area contributed by atoms with Gasteiger partial charge in [0, 0.05) is 6.61 Å². The number of aliphatic hydroxyl groups is 1. The van der Waals surface area contributed by atoms with Gasteiger partial charge in [-0.25, -0.2) is 0 Å². The van der Waals surface area contributed by atoms with E-state index in [2.05, 4.69) is 13.8 Å². The first kappa shape index (κ1) is 37.9. The van der Waals surface area contributed by atoms with E-state index in [9.17, 15) is 0 Å². The molecule has 0 spiro atoms. The topological polar surface area (TPSA) is 29.5 Å². The number of hydrogen-bond acceptors (Lipinski definition) is 2. The summed E-state index contributed by atoms with van der Waals surface area (Å²) in [7, 11) is 0. The molecule has 0 aromatic heterocycles. The highest BCUT2D eigenvalue weighted by atomic mass is 16.5. The molecule has 0 heterocycles. The fourth-order valence-electron chi connectivity index (χ4n) is 6.04. The Bertz CT molecular complexity index is 397. The lowest BCUT2D eigenvalue weighted by Gasteiger charge is -2.16. The summed E-state index contributed by atoms with van der Waals surface area (Å²) >= 11 is 0. The highest BCUT2D eigenvalue weighted by molar-refractivity contribution is 4.61. The second kappa shape index (κ2) is 34.9. The van der Waals surface area contributed by atoms with Crippen LogP contribution >= 0.6 is 0 Å². The zero-order chi connectivity index (χ0) is 27.6. The lowest BCUT2D eigenvalue weighted by atomic mass is 9.90. The maximum Gasteiger partial charge on any atom is 0.0697 e. The molecule has 0 aromatic rings. The molecule has 0 aliphatic heterocycles. The van der Waals surface area contributed by atoms with Gasteiger partial charge in [-0.05, 0) is 12.3 Å². The third kappa shape index (κ3) is 32.1. The minimum Gasteiger partial charge on any atom is -0.394 e. The zero-order valence-electron chi connectivity index (χ0n) is 26.8. The van der Waals surface area contributed by atoms with Gasteiger partial charge in [0.25, 0.3) is 0 Å². The molecule has 2 heteroatoms. The molecular formula is C36H74O2. The summed E-state index contributed by atoms with van der Waals surface area (Å²) < 4.78 is 5.31. The van der Waals surface area contributed by atoms with E-state index in [1.54, 1.807) is 0 Å². The van der Waals surface area contributed by atoms with Crippen LogP contribution in [-0.4, -0.2) is 24.9 Å². The number of aliphatic hydroxyl groups excluding tert-OH is 1. The summed E-state index contributed by atoms with van der Waals surface area (Å²) in [6, 6.07) is 0. The van der Waals surface area contributed by atoms with Gasteiger partial charge >= 0.3 is 0 Å². The summed E-state index contributed by atoms with van der Waals surface area (Å²) in [6.45, 7) is 6.16. The molecule has 0 saturated heterocycles. The molecule has 0 rings (SSSR count). The molecule has 38 heavy (non-hydrogen) atoms. The molecule has 1 atom stereocenters. The number of unbranched alkanes of at least 4 members (excludes halogenated alkanes) is 24. The normalized spacial score (nSPS) is 12.4. The molecular weight excluding hydrogens is 464 g/mol. The first-order chi connectivity index (χ1) is 18.8. The van der Waals surface area contributed by atoms with Gasteiger partial charge in [0.1, 0.15) is 0 Å². The Labute approximate surface area is 241 Å². The Hall–Kier alpha value is -0.0800. The molecule has 0 fully saturated rings. The van der Waals surface area contributed by atoms with Crippen molar-refractivity contribution in [3.8, 4) is 0 Å². The first-order valence-corrected chi connectivity index (χ1v) is 18.0. The number of rotatable bonds is 34. The fourth-order valence-corrected chi connectivity index (χ4v) is 6.04. The Morgan fingerprint density at radius 1 is 0.368 bits per heavy atom. The Balaban J connectivity index is 3.36. The van der Waals surface area contributed by atoms with Gasteiger partial charge in [0.2, 0.25) is 0 Å². The second-order valence-electron chi connectivity index (χ2n) is 12.4. The maximum absolute atomic E-state index is 8.68. The van der Waals surface area contributed by atoms with Crippen LogP contribution in [-0.2, 0) is 4.74 Å². The van der Waals surface area contributed by atoms with Crippen LogP contribution in [0.5, 0.6) is 0 Å². The van der Waals surface area contributed by atoms with Gasteiger partial charge in [-0.3, -0.25) is 0 Å². The van der Waals surface area contributed by atoms with E-state index < -0.39 is 0 Å². The molecule has 0 aliphatic rings. The van der Waals surface area contributed by atoms with Crippen molar-refractivity contribution in [2.75, 3.05) is 19.8 Å². The van der Waals surface area contributed by atoms with Crippen LogP contribution in [0, 0.1) is 5.92 Å². The molecule has 1 unspecified atom stereocenters. The van der Waals surface area contributed by atoms with E-state index in [0.29, 0.717) is 6.61 Å². The van der Waals surface area contributed by atoms with Gasteiger partial charge in [-0.15, -0.1) is 0 Å². The van der Waals surface area contributed by atoms with Crippen molar-refractivity contribution in [1.82, 2.24) is 0 Å². The van der Waals surface area contributed by atoms with Gasteiger partial charge in [-0.2, -0.15) is 0 Å². The summed E-state index contributed by atoms with van der Waals surface area (Å²) in [5.74, 6) is 1.01. The molecule has 0 amide bonds. The Morgan fingerprint density at radius 2 is 0.711 bits per heavy atom. The molecule has 0 radical (unpaired) electrons. The predicted molar refractivity (Wildman–Crippen MR) is 171 cm³/mol. The summed E-state index contributed by atoms with van der Waals surface area (Å²) in [4.78, 5) is 0. The van der Waals surface area contributed by atoms with E-state index in [1.165, 1.54) is 186 Å². The molecule has 230 valence electrons. The van der Waals surface area contributed by atoms with Crippen LogP contribution in [0.4, 0.5) is 0 Å². The largest absolute Gasteiger partial charge is 0.394 e. The molecule has 0 saturated carbocycles. The van der Waals surface area contributed by atoms with Crippen LogP contribution < -0.4 is 0 Å². The molecule has 1 N–H and O–H groups in total. The Kier molecular flexibility index (Phi) is 34.9. The van der Waals surface area contributed by atoms with Crippen LogP contribution in [0.1, 0.15) is 206 Å². The smallest absolute Gasteiger partial charge is 0.0697 e. The van der Waals surface area contributed by atoms with Crippen molar-refractivity contribution in [1.29, 1.82) is 0 Å². The summed E-state index contributed by atoms with van der Waals surface area (Å²) in [6.07, 6.45) is 43.2. The lowest BCUT2D eigenvalue weighted by Crippen LogP contribution is -2.00. The van der Waals surface area contributed by atoms with Gasteiger partial charge in [-0.1, -0.05) is 200 Å². The minimum absolute atomic E-state index is 0.152. The summed E-state index contributed by atoms with van der Waals surface area (Å²) in [5.41, 5.74) is 0. The summed E-state index contributed by atoms with van der Waals surface area (Å²) in [5, 5.41) is 8.68. The Morgan fingerprint density at radius 3 is 1.05 bits per heavy atom. The molecule has 2 nitrogen and oxygen atoms in total. The van der Waals surface area contributed by atoms with Gasteiger partial charge in [0.05, 0.1) is 13.2 Å². The zero-order valence-corrected chi connectivity index (χ0v) is 26.8. The van der Waals surface area contributed by atoms with Crippen LogP contribution in [0.3, 0.4) is 0 Å². The van der Waals surface area contributed by atoms with Crippen LogP contribution in [0.25, 0.3) is 0 Å². The third-order valence-corrected chi connectivity index (χ3v) is 8.55. The van der Waals surface area contributed by atoms with Crippen molar-refractivity contribution >= 4 is 0 Å². The van der Waals surface area contributed by atoms with Crippen molar-refractivity contribution in [3.63, 3.8) is 0 Å². The van der Waals surface area contributed by atoms with Crippen molar-refractivity contribution in [2.45, 2.75) is 206 Å². The van der Waals surface area contributed by atoms with Crippen LogP contribution in [0.15, 0.2) is 0 Å². The average molecular weight is 539 g/mol. The van der Waals surface area contributed by atoms with Crippen molar-refractivity contribution in [3.05, 3.63) is 0 Å². The first-order valence-electron chi connectivity index (χ1n) is 18.0. The van der Waals surface area contributed by atoms with E-state index in [4.69, 9.17) is 9.84 Å². The molecule has 0 aliphatic carbocycles. The minimum atomic E-state index is 0.152. The number of hydrogen-bond donors (Lipinski definition) is 1. The second-order valence-corrected chi connectivity index (χ2v) is 12.4. The average Bonchev–Trinajstić information content (AvgIpc) is 2.92.